The fourth-order valence-electron chi connectivity index (χ4n) is 3.18. The van der Waals surface area contributed by atoms with Gasteiger partial charge in [0, 0.05) is 17.6 Å². The van der Waals surface area contributed by atoms with Gasteiger partial charge >= 0.3 is 5.97 Å². The molecule has 0 amide bonds. The van der Waals surface area contributed by atoms with Crippen molar-refractivity contribution in [1.82, 2.24) is 9.46 Å². The highest BCUT2D eigenvalue weighted by atomic mass is 79.9. The first kappa shape index (κ1) is 20.0. The fraction of sp³-hybridized carbons (Fsp3) is 0.444. The Morgan fingerprint density at radius 1 is 1.33 bits per heavy atom. The molecule has 1 fully saturated rings. The Balaban J connectivity index is 1.66. The van der Waals surface area contributed by atoms with Crippen molar-refractivity contribution in [1.29, 1.82) is 0 Å². The molecular weight excluding hydrogens is 436 g/mol. The summed E-state index contributed by atoms with van der Waals surface area (Å²) in [4.78, 5) is 12.5. The van der Waals surface area contributed by atoms with Crippen LogP contribution in [0.2, 0.25) is 0 Å². The zero-order chi connectivity index (χ0) is 19.6. The molecule has 7 nitrogen and oxygen atoms in total. The Morgan fingerprint density at radius 2 is 2.04 bits per heavy atom. The topological polar surface area (TPSA) is 89.7 Å². The van der Waals surface area contributed by atoms with Gasteiger partial charge in [-0.3, -0.25) is 4.79 Å². The molecule has 2 aromatic rings. The van der Waals surface area contributed by atoms with Crippen LogP contribution >= 0.6 is 15.9 Å². The van der Waals surface area contributed by atoms with Gasteiger partial charge in [0.2, 0.25) is 10.0 Å². The van der Waals surface area contributed by atoms with E-state index in [1.807, 2.05) is 24.3 Å². The molecule has 9 heteroatoms. The molecule has 1 unspecified atom stereocenters. The molecule has 1 atom stereocenters. The fourth-order valence-corrected chi connectivity index (χ4v) is 5.26. The molecular formula is C18H21BrN2O5S. The predicted molar refractivity (Wildman–Crippen MR) is 101 cm³/mol. The zero-order valence-corrected chi connectivity index (χ0v) is 17.5. The number of sulfonamides is 1. The average molecular weight is 457 g/mol. The Kier molecular flexibility index (Phi) is 6.02. The molecule has 0 bridgehead atoms. The quantitative estimate of drug-likeness (QED) is 0.641. The van der Waals surface area contributed by atoms with Crippen molar-refractivity contribution >= 4 is 31.9 Å². The lowest BCUT2D eigenvalue weighted by atomic mass is 10.00. The molecule has 2 heterocycles. The lowest BCUT2D eigenvalue weighted by molar-refractivity contribution is -0.151. The van der Waals surface area contributed by atoms with Crippen molar-refractivity contribution < 1.29 is 22.5 Å². The van der Waals surface area contributed by atoms with E-state index in [0.29, 0.717) is 25.1 Å². The number of esters is 1. The number of carbonyl (C=O) groups excluding carboxylic acids is 1. The molecule has 0 aliphatic carbocycles. The first-order valence-corrected chi connectivity index (χ1v) is 10.9. The SMILES string of the molecule is Cc1noc(C)c1S(=O)(=O)N1CCCC(C(=O)OCc2ccc(Br)cc2)C1. The van der Waals surface area contributed by atoms with Gasteiger partial charge in [-0.1, -0.05) is 33.2 Å². The normalized spacial score (nSPS) is 18.4. The van der Waals surface area contributed by atoms with Crippen molar-refractivity contribution in [3.63, 3.8) is 0 Å². The number of hydrogen-bond acceptors (Lipinski definition) is 6. The highest BCUT2D eigenvalue weighted by Crippen LogP contribution is 2.28. The van der Waals surface area contributed by atoms with Crippen LogP contribution in [-0.4, -0.2) is 36.9 Å². The van der Waals surface area contributed by atoms with Crippen LogP contribution in [0, 0.1) is 19.8 Å². The maximum absolute atomic E-state index is 12.9. The molecule has 1 aromatic carbocycles. The standard InChI is InChI=1S/C18H21BrN2O5S/c1-12-17(13(2)26-20-12)27(23,24)21-9-3-4-15(10-21)18(22)25-11-14-5-7-16(19)8-6-14/h5-8,15H,3-4,9-11H2,1-2H3. The van der Waals surface area contributed by atoms with Gasteiger partial charge in [-0.2, -0.15) is 4.31 Å². The molecule has 27 heavy (non-hydrogen) atoms. The van der Waals surface area contributed by atoms with E-state index in [2.05, 4.69) is 21.1 Å². The van der Waals surface area contributed by atoms with Gasteiger partial charge in [0.25, 0.3) is 0 Å². The number of rotatable bonds is 5. The highest BCUT2D eigenvalue weighted by molar-refractivity contribution is 9.10. The minimum atomic E-state index is -3.75. The van der Waals surface area contributed by atoms with Crippen molar-refractivity contribution in [2.75, 3.05) is 13.1 Å². The third kappa shape index (κ3) is 4.41. The van der Waals surface area contributed by atoms with E-state index in [-0.39, 0.29) is 29.8 Å². The Labute approximate surface area is 166 Å². The lowest BCUT2D eigenvalue weighted by Gasteiger charge is -2.30. The summed E-state index contributed by atoms with van der Waals surface area (Å²) in [6.07, 6.45) is 1.20. The van der Waals surface area contributed by atoms with E-state index in [0.717, 1.165) is 10.0 Å². The predicted octanol–water partition coefficient (Wildman–Crippen LogP) is 3.20. The number of halogens is 1. The number of carbonyl (C=O) groups is 1. The van der Waals surface area contributed by atoms with Crippen molar-refractivity contribution in [2.24, 2.45) is 5.92 Å². The molecule has 0 N–H and O–H groups in total. The van der Waals surface area contributed by atoms with Crippen LogP contribution in [0.5, 0.6) is 0 Å². The lowest BCUT2D eigenvalue weighted by Crippen LogP contribution is -2.43. The van der Waals surface area contributed by atoms with Gasteiger partial charge < -0.3 is 9.26 Å². The van der Waals surface area contributed by atoms with Crippen LogP contribution < -0.4 is 0 Å². The first-order chi connectivity index (χ1) is 12.8. The molecule has 1 aliphatic rings. The summed E-state index contributed by atoms with van der Waals surface area (Å²) in [5.41, 5.74) is 1.20. The maximum atomic E-state index is 12.9. The number of piperidine rings is 1. The summed E-state index contributed by atoms with van der Waals surface area (Å²) in [5, 5.41) is 3.72. The molecule has 0 radical (unpaired) electrons. The van der Waals surface area contributed by atoms with Crippen LogP contribution in [0.1, 0.15) is 29.9 Å². The highest BCUT2D eigenvalue weighted by Gasteiger charge is 2.37. The summed E-state index contributed by atoms with van der Waals surface area (Å²) in [6.45, 7) is 3.80. The van der Waals surface area contributed by atoms with E-state index in [1.165, 1.54) is 4.31 Å². The summed E-state index contributed by atoms with van der Waals surface area (Å²) in [6, 6.07) is 7.49. The van der Waals surface area contributed by atoms with E-state index in [1.54, 1.807) is 13.8 Å². The average Bonchev–Trinajstić information content (AvgIpc) is 3.00. The summed E-state index contributed by atoms with van der Waals surface area (Å²) >= 11 is 3.36. The number of aryl methyl sites for hydroxylation is 2. The van der Waals surface area contributed by atoms with Crippen molar-refractivity contribution in [3.05, 3.63) is 45.8 Å². The second-order valence-electron chi connectivity index (χ2n) is 6.59. The van der Waals surface area contributed by atoms with Gasteiger partial charge in [0.1, 0.15) is 17.2 Å². The minimum absolute atomic E-state index is 0.0892. The van der Waals surface area contributed by atoms with Crippen LogP contribution in [0.25, 0.3) is 0 Å². The molecule has 146 valence electrons. The number of hydrogen-bond donors (Lipinski definition) is 0. The van der Waals surface area contributed by atoms with Gasteiger partial charge in [-0.25, -0.2) is 8.42 Å². The van der Waals surface area contributed by atoms with Gasteiger partial charge in [-0.15, -0.1) is 0 Å². The third-order valence-corrected chi connectivity index (χ3v) is 7.22. The monoisotopic (exact) mass is 456 g/mol. The van der Waals surface area contributed by atoms with Crippen LogP contribution in [-0.2, 0) is 26.2 Å². The molecule has 0 spiro atoms. The van der Waals surface area contributed by atoms with Crippen LogP contribution in [0.4, 0.5) is 0 Å². The maximum Gasteiger partial charge on any atom is 0.310 e. The summed E-state index contributed by atoms with van der Waals surface area (Å²) in [5.74, 6) is -0.603. The summed E-state index contributed by atoms with van der Waals surface area (Å²) in [7, 11) is -3.75. The van der Waals surface area contributed by atoms with Crippen molar-refractivity contribution in [2.45, 2.75) is 38.2 Å². The van der Waals surface area contributed by atoms with E-state index in [4.69, 9.17) is 9.26 Å². The summed E-state index contributed by atoms with van der Waals surface area (Å²) < 4.78 is 38.5. The first-order valence-electron chi connectivity index (χ1n) is 8.63. The second-order valence-corrected chi connectivity index (χ2v) is 9.38. The number of ether oxygens (including phenoxy) is 1. The smallest absolute Gasteiger partial charge is 0.310 e. The zero-order valence-electron chi connectivity index (χ0n) is 15.1. The number of benzene rings is 1. The van der Waals surface area contributed by atoms with E-state index >= 15 is 0 Å². The van der Waals surface area contributed by atoms with E-state index in [9.17, 15) is 13.2 Å². The molecule has 1 aliphatic heterocycles. The van der Waals surface area contributed by atoms with Crippen LogP contribution in [0.15, 0.2) is 38.2 Å². The second kappa shape index (κ2) is 8.12. The Bertz CT molecular complexity index is 904. The van der Waals surface area contributed by atoms with Crippen LogP contribution in [0.3, 0.4) is 0 Å². The van der Waals surface area contributed by atoms with Gasteiger partial charge in [-0.05, 0) is 44.4 Å². The Morgan fingerprint density at radius 3 is 2.67 bits per heavy atom. The molecule has 3 rings (SSSR count). The van der Waals surface area contributed by atoms with Crippen molar-refractivity contribution in [3.8, 4) is 0 Å². The number of nitrogens with zero attached hydrogens (tertiary/aromatic N) is 2. The van der Waals surface area contributed by atoms with Gasteiger partial charge in [0.05, 0.1) is 5.92 Å². The Hall–Kier alpha value is -1.71. The largest absolute Gasteiger partial charge is 0.461 e. The third-order valence-electron chi connectivity index (χ3n) is 4.58. The minimum Gasteiger partial charge on any atom is -0.461 e. The molecule has 1 saturated heterocycles. The molecule has 0 saturated carbocycles. The van der Waals surface area contributed by atoms with Gasteiger partial charge in [0.15, 0.2) is 5.76 Å². The molecule has 1 aromatic heterocycles. The number of aromatic nitrogens is 1. The van der Waals surface area contributed by atoms with E-state index < -0.39 is 15.9 Å².